The monoisotopic (exact) mass is 402 g/mol. The highest BCUT2D eigenvalue weighted by Crippen LogP contribution is 2.37. The first kappa shape index (κ1) is 19.8. The van der Waals surface area contributed by atoms with Gasteiger partial charge in [0.25, 0.3) is 0 Å². The first-order chi connectivity index (χ1) is 15.3. The lowest BCUT2D eigenvalue weighted by Gasteiger charge is -2.22. The summed E-state index contributed by atoms with van der Waals surface area (Å²) in [4.78, 5) is 2.42. The van der Waals surface area contributed by atoms with Gasteiger partial charge in [-0.2, -0.15) is 0 Å². The van der Waals surface area contributed by atoms with Crippen molar-refractivity contribution in [3.8, 4) is 0 Å². The summed E-state index contributed by atoms with van der Waals surface area (Å²) in [7, 11) is 2.22. The molecule has 1 aliphatic rings. The Labute approximate surface area is 185 Å². The van der Waals surface area contributed by atoms with Gasteiger partial charge in [-0.3, -0.25) is 0 Å². The molecule has 0 saturated carbocycles. The highest BCUT2D eigenvalue weighted by atomic mass is 15.1. The molecule has 0 atom stereocenters. The fraction of sp³-hybridized carbons (Fsp3) is 0.200. The molecule has 1 radical (unpaired) electrons. The summed E-state index contributed by atoms with van der Waals surface area (Å²) in [5.41, 5.74) is 6.87. The Morgan fingerprint density at radius 3 is 2.10 bits per heavy atom. The summed E-state index contributed by atoms with van der Waals surface area (Å²) in [6.45, 7) is 2.01. The number of hydrogen-bond donors (Lipinski definition) is 0. The van der Waals surface area contributed by atoms with Gasteiger partial charge in [0, 0.05) is 12.5 Å². The molecule has 0 spiro atoms. The fourth-order valence-corrected chi connectivity index (χ4v) is 4.82. The summed E-state index contributed by atoms with van der Waals surface area (Å²) < 4.78 is 0. The molecule has 0 saturated heterocycles. The number of benzene rings is 4. The molecule has 0 bridgehead atoms. The van der Waals surface area contributed by atoms with Crippen molar-refractivity contribution in [2.75, 3.05) is 13.6 Å². The van der Waals surface area contributed by atoms with E-state index in [-0.39, 0.29) is 0 Å². The van der Waals surface area contributed by atoms with Gasteiger partial charge in [-0.05, 0) is 83.2 Å². The van der Waals surface area contributed by atoms with E-state index in [2.05, 4.69) is 115 Å². The zero-order chi connectivity index (χ0) is 21.0. The minimum absolute atomic E-state index is 0.447. The Morgan fingerprint density at radius 2 is 1.39 bits per heavy atom. The van der Waals surface area contributed by atoms with Crippen LogP contribution in [0.1, 0.15) is 46.6 Å². The molecule has 153 valence electrons. The second-order valence-electron chi connectivity index (χ2n) is 8.61. The number of nitrogens with zero attached hydrogens (tertiary/aromatic N) is 1. The van der Waals surface area contributed by atoms with Crippen molar-refractivity contribution in [3.63, 3.8) is 0 Å². The molecular formula is C30H28N. The Kier molecular flexibility index (Phi) is 5.69. The minimum Gasteiger partial charge on any atom is -0.302 e. The zero-order valence-corrected chi connectivity index (χ0v) is 18.1. The Bertz CT molecular complexity index is 1170. The highest BCUT2D eigenvalue weighted by molar-refractivity contribution is 5.82. The summed E-state index contributed by atoms with van der Waals surface area (Å²) in [6.07, 6.45) is 6.87. The lowest BCUT2D eigenvalue weighted by molar-refractivity contribution is 0.316. The van der Waals surface area contributed by atoms with Crippen LogP contribution >= 0.6 is 0 Å². The van der Waals surface area contributed by atoms with Crippen molar-refractivity contribution in [1.29, 1.82) is 0 Å². The topological polar surface area (TPSA) is 3.24 Å². The van der Waals surface area contributed by atoms with Crippen LogP contribution in [0, 0.1) is 6.07 Å². The number of hydrogen-bond acceptors (Lipinski definition) is 1. The van der Waals surface area contributed by atoms with Crippen molar-refractivity contribution >= 4 is 22.9 Å². The molecule has 1 heteroatoms. The quantitative estimate of drug-likeness (QED) is 0.330. The molecule has 31 heavy (non-hydrogen) atoms. The van der Waals surface area contributed by atoms with Crippen LogP contribution in [0.4, 0.5) is 0 Å². The van der Waals surface area contributed by atoms with Crippen LogP contribution in [0.3, 0.4) is 0 Å². The Balaban J connectivity index is 1.28. The van der Waals surface area contributed by atoms with Gasteiger partial charge in [-0.25, -0.2) is 0 Å². The molecule has 0 aromatic heterocycles. The minimum atomic E-state index is 0.447. The van der Waals surface area contributed by atoms with Gasteiger partial charge in [-0.15, -0.1) is 0 Å². The van der Waals surface area contributed by atoms with E-state index in [4.69, 9.17) is 0 Å². The van der Waals surface area contributed by atoms with Crippen LogP contribution in [0.25, 0.3) is 22.9 Å². The van der Waals surface area contributed by atoms with Gasteiger partial charge in [0.05, 0.1) is 0 Å². The summed E-state index contributed by atoms with van der Waals surface area (Å²) in [5, 5.41) is 2.55. The Morgan fingerprint density at radius 1 is 0.774 bits per heavy atom. The molecule has 0 heterocycles. The van der Waals surface area contributed by atoms with E-state index in [1.54, 1.807) is 0 Å². The van der Waals surface area contributed by atoms with Gasteiger partial charge < -0.3 is 4.90 Å². The van der Waals surface area contributed by atoms with E-state index in [0.29, 0.717) is 5.92 Å². The van der Waals surface area contributed by atoms with Gasteiger partial charge >= 0.3 is 0 Å². The summed E-state index contributed by atoms with van der Waals surface area (Å²) in [6, 6.07) is 34.1. The Hall–Kier alpha value is -3.16. The fourth-order valence-electron chi connectivity index (χ4n) is 4.82. The standard InChI is InChI=1S/C30H28N/c1-31(22-23-16-17-24-9-2-3-12-27(24)21-23)20-8-15-30-28-13-6-4-10-25(28)18-19-26-11-5-7-14-29(26)30/h2-7,9-14,17-19,21,30H,8,15,20,22H2,1H3. The van der Waals surface area contributed by atoms with Crippen molar-refractivity contribution in [2.45, 2.75) is 25.3 Å². The second kappa shape index (κ2) is 8.91. The largest absolute Gasteiger partial charge is 0.302 e. The van der Waals surface area contributed by atoms with Crippen LogP contribution in [0.5, 0.6) is 0 Å². The van der Waals surface area contributed by atoms with Crippen LogP contribution in [-0.4, -0.2) is 18.5 Å². The normalized spacial score (nSPS) is 13.2. The molecule has 4 aromatic rings. The van der Waals surface area contributed by atoms with Crippen LogP contribution in [-0.2, 0) is 6.54 Å². The lowest BCUT2D eigenvalue weighted by Crippen LogP contribution is -2.20. The molecule has 4 aromatic carbocycles. The van der Waals surface area contributed by atoms with Crippen LogP contribution in [0.15, 0.2) is 84.9 Å². The number of fused-ring (bicyclic) bond motifs is 3. The maximum atomic E-state index is 3.47. The molecular weight excluding hydrogens is 374 g/mol. The molecule has 0 amide bonds. The third-order valence-electron chi connectivity index (χ3n) is 6.40. The van der Waals surface area contributed by atoms with Gasteiger partial charge in [0.1, 0.15) is 0 Å². The molecule has 1 aliphatic carbocycles. The van der Waals surface area contributed by atoms with E-state index in [9.17, 15) is 0 Å². The molecule has 0 N–H and O–H groups in total. The van der Waals surface area contributed by atoms with E-state index in [1.165, 1.54) is 38.6 Å². The second-order valence-corrected chi connectivity index (χ2v) is 8.61. The van der Waals surface area contributed by atoms with E-state index < -0.39 is 0 Å². The molecule has 0 fully saturated rings. The maximum absolute atomic E-state index is 3.47. The smallest absolute Gasteiger partial charge is 0.0237 e. The van der Waals surface area contributed by atoms with Crippen molar-refractivity contribution in [2.24, 2.45) is 0 Å². The highest BCUT2D eigenvalue weighted by Gasteiger charge is 2.20. The van der Waals surface area contributed by atoms with Crippen molar-refractivity contribution in [1.82, 2.24) is 4.90 Å². The van der Waals surface area contributed by atoms with E-state index in [0.717, 1.165) is 25.9 Å². The van der Waals surface area contributed by atoms with Gasteiger partial charge in [0.2, 0.25) is 0 Å². The molecule has 1 nitrogen and oxygen atoms in total. The van der Waals surface area contributed by atoms with Gasteiger partial charge in [-0.1, -0.05) is 84.9 Å². The van der Waals surface area contributed by atoms with Crippen LogP contribution in [0.2, 0.25) is 0 Å². The van der Waals surface area contributed by atoms with Crippen LogP contribution < -0.4 is 0 Å². The molecule has 5 rings (SSSR count). The van der Waals surface area contributed by atoms with Crippen molar-refractivity contribution in [3.05, 3.63) is 119 Å². The first-order valence-electron chi connectivity index (χ1n) is 11.2. The molecule has 0 unspecified atom stereocenters. The third-order valence-corrected chi connectivity index (χ3v) is 6.40. The molecule has 0 aliphatic heterocycles. The first-order valence-corrected chi connectivity index (χ1v) is 11.2. The average Bonchev–Trinajstić information content (AvgIpc) is 2.96. The lowest BCUT2D eigenvalue weighted by atomic mass is 9.84. The SMILES string of the molecule is CN(CCCC1c2ccccc2C=Cc2ccccc21)Cc1[c]cc2ccccc2c1. The third kappa shape index (κ3) is 4.33. The maximum Gasteiger partial charge on any atom is 0.0237 e. The zero-order valence-electron chi connectivity index (χ0n) is 18.1. The number of rotatable bonds is 6. The predicted octanol–water partition coefficient (Wildman–Crippen LogP) is 7.17. The van der Waals surface area contributed by atoms with E-state index >= 15 is 0 Å². The van der Waals surface area contributed by atoms with Gasteiger partial charge in [0.15, 0.2) is 0 Å². The summed E-state index contributed by atoms with van der Waals surface area (Å²) in [5.74, 6) is 0.447. The predicted molar refractivity (Wildman–Crippen MR) is 132 cm³/mol. The van der Waals surface area contributed by atoms with E-state index in [1.807, 2.05) is 0 Å². The van der Waals surface area contributed by atoms with Crippen molar-refractivity contribution < 1.29 is 0 Å². The summed E-state index contributed by atoms with van der Waals surface area (Å²) >= 11 is 0. The average molecular weight is 403 g/mol.